The second kappa shape index (κ2) is 6.07. The van der Waals surface area contributed by atoms with Crippen LogP contribution in [0.4, 0.5) is 0 Å². The number of hydrogen-bond donors (Lipinski definition) is 1. The zero-order valence-corrected chi connectivity index (χ0v) is 13.7. The maximum atomic E-state index is 12.3. The molecule has 0 bridgehead atoms. The van der Waals surface area contributed by atoms with Gasteiger partial charge in [0.2, 0.25) is 6.10 Å². The third-order valence-corrected chi connectivity index (χ3v) is 4.79. The molecule has 2 heterocycles. The summed E-state index contributed by atoms with van der Waals surface area (Å²) in [5.74, 6) is 1.12. The van der Waals surface area contributed by atoms with Gasteiger partial charge in [0.15, 0.2) is 11.5 Å². The van der Waals surface area contributed by atoms with Crippen LogP contribution in [0.5, 0.6) is 11.5 Å². The van der Waals surface area contributed by atoms with Gasteiger partial charge in [-0.2, -0.15) is 0 Å². The Hall–Kier alpha value is -1.53. The zero-order valence-electron chi connectivity index (χ0n) is 11.3. The van der Waals surface area contributed by atoms with E-state index in [0.717, 1.165) is 8.66 Å². The number of fused-ring (bicyclic) bond motifs is 1. The van der Waals surface area contributed by atoms with E-state index >= 15 is 0 Å². The van der Waals surface area contributed by atoms with E-state index in [4.69, 9.17) is 9.47 Å². The Balaban J connectivity index is 1.65. The SMILES string of the molecule is C[C@H]1Oc2ccccc2O[C@@H]1C(=O)NCc1ccc(Br)s1. The van der Waals surface area contributed by atoms with E-state index in [-0.39, 0.29) is 12.0 Å². The van der Waals surface area contributed by atoms with Gasteiger partial charge in [-0.05, 0) is 47.1 Å². The van der Waals surface area contributed by atoms with Crippen molar-refractivity contribution in [3.63, 3.8) is 0 Å². The number of ether oxygens (including phenoxy) is 2. The lowest BCUT2D eigenvalue weighted by atomic mass is 10.1. The van der Waals surface area contributed by atoms with Crippen molar-refractivity contribution in [3.8, 4) is 11.5 Å². The van der Waals surface area contributed by atoms with Crippen molar-refractivity contribution in [1.82, 2.24) is 5.32 Å². The molecule has 2 atom stereocenters. The lowest BCUT2D eigenvalue weighted by Crippen LogP contribution is -2.48. The molecule has 1 N–H and O–H groups in total. The molecule has 1 aliphatic rings. The predicted molar refractivity (Wildman–Crippen MR) is 84.8 cm³/mol. The first kappa shape index (κ1) is 14.4. The summed E-state index contributed by atoms with van der Waals surface area (Å²) in [4.78, 5) is 13.4. The van der Waals surface area contributed by atoms with E-state index in [1.54, 1.807) is 17.4 Å². The average molecular weight is 368 g/mol. The fraction of sp³-hybridized carbons (Fsp3) is 0.267. The van der Waals surface area contributed by atoms with Crippen LogP contribution in [0.1, 0.15) is 11.8 Å². The van der Waals surface area contributed by atoms with Gasteiger partial charge in [-0.25, -0.2) is 0 Å². The molecule has 0 saturated heterocycles. The third-order valence-electron chi connectivity index (χ3n) is 3.17. The molecule has 1 aromatic heterocycles. The van der Waals surface area contributed by atoms with Crippen molar-refractivity contribution in [3.05, 3.63) is 45.1 Å². The molecule has 1 aromatic carbocycles. The highest BCUT2D eigenvalue weighted by atomic mass is 79.9. The van der Waals surface area contributed by atoms with Crippen molar-refractivity contribution in [2.45, 2.75) is 25.7 Å². The van der Waals surface area contributed by atoms with Gasteiger partial charge in [0.1, 0.15) is 6.10 Å². The van der Waals surface area contributed by atoms with Crippen LogP contribution in [-0.2, 0) is 11.3 Å². The molecule has 6 heteroatoms. The Labute approximate surface area is 135 Å². The highest BCUT2D eigenvalue weighted by molar-refractivity contribution is 9.11. The van der Waals surface area contributed by atoms with Crippen LogP contribution in [0.3, 0.4) is 0 Å². The molecular weight excluding hydrogens is 354 g/mol. The topological polar surface area (TPSA) is 47.6 Å². The van der Waals surface area contributed by atoms with E-state index < -0.39 is 6.10 Å². The molecule has 21 heavy (non-hydrogen) atoms. The summed E-state index contributed by atoms with van der Waals surface area (Å²) in [6.45, 7) is 2.32. The quantitative estimate of drug-likeness (QED) is 0.904. The standard InChI is InChI=1S/C15H14BrNO3S/c1-9-14(20-12-5-3-2-4-11(12)19-9)15(18)17-8-10-6-7-13(16)21-10/h2-7,9,14H,8H2,1H3,(H,17,18)/t9-,14+/m1/s1. The number of amides is 1. The first-order valence-corrected chi connectivity index (χ1v) is 8.19. The number of benzene rings is 1. The zero-order chi connectivity index (χ0) is 14.8. The minimum absolute atomic E-state index is 0.165. The van der Waals surface area contributed by atoms with Gasteiger partial charge < -0.3 is 14.8 Å². The molecule has 0 spiro atoms. The average Bonchev–Trinajstić information content (AvgIpc) is 2.89. The maximum Gasteiger partial charge on any atom is 0.265 e. The Morgan fingerprint density at radius 1 is 1.24 bits per heavy atom. The second-order valence-corrected chi connectivity index (χ2v) is 7.28. The highest BCUT2D eigenvalue weighted by Crippen LogP contribution is 2.33. The molecule has 3 rings (SSSR count). The highest BCUT2D eigenvalue weighted by Gasteiger charge is 2.33. The molecule has 110 valence electrons. The number of carbonyl (C=O) groups excluding carboxylic acids is 1. The van der Waals surface area contributed by atoms with Gasteiger partial charge in [-0.1, -0.05) is 12.1 Å². The Morgan fingerprint density at radius 3 is 2.62 bits per heavy atom. The van der Waals surface area contributed by atoms with Crippen molar-refractivity contribution >= 4 is 33.2 Å². The summed E-state index contributed by atoms with van der Waals surface area (Å²) >= 11 is 5.00. The van der Waals surface area contributed by atoms with Gasteiger partial charge in [0.05, 0.1) is 10.3 Å². The van der Waals surface area contributed by atoms with Crippen LogP contribution in [0, 0.1) is 0 Å². The van der Waals surface area contributed by atoms with E-state index in [2.05, 4.69) is 21.2 Å². The normalized spacial score (nSPS) is 20.1. The molecule has 2 aromatic rings. The first-order valence-electron chi connectivity index (χ1n) is 6.58. The number of rotatable bonds is 3. The lowest BCUT2D eigenvalue weighted by Gasteiger charge is -2.30. The summed E-state index contributed by atoms with van der Waals surface area (Å²) in [7, 11) is 0. The number of thiophene rings is 1. The largest absolute Gasteiger partial charge is 0.482 e. The maximum absolute atomic E-state index is 12.3. The van der Waals surface area contributed by atoms with Gasteiger partial charge in [-0.3, -0.25) is 4.79 Å². The molecule has 1 amide bonds. The van der Waals surface area contributed by atoms with Gasteiger partial charge in [0, 0.05) is 4.88 Å². The van der Waals surface area contributed by atoms with Gasteiger partial charge in [-0.15, -0.1) is 11.3 Å². The second-order valence-electron chi connectivity index (χ2n) is 4.73. The van der Waals surface area contributed by atoms with Crippen molar-refractivity contribution in [2.75, 3.05) is 0 Å². The first-order chi connectivity index (χ1) is 10.1. The minimum Gasteiger partial charge on any atom is -0.482 e. The molecule has 4 nitrogen and oxygen atoms in total. The van der Waals surface area contributed by atoms with Crippen molar-refractivity contribution in [2.24, 2.45) is 0 Å². The van der Waals surface area contributed by atoms with Crippen LogP contribution < -0.4 is 14.8 Å². The number of nitrogens with one attached hydrogen (secondary N) is 1. The lowest BCUT2D eigenvalue weighted by molar-refractivity contribution is -0.133. The third kappa shape index (κ3) is 3.22. The summed E-state index contributed by atoms with van der Waals surface area (Å²) < 4.78 is 12.5. The van der Waals surface area contributed by atoms with Crippen LogP contribution in [0.25, 0.3) is 0 Å². The van der Waals surface area contributed by atoms with Gasteiger partial charge in [0.25, 0.3) is 5.91 Å². The molecular formula is C15H14BrNO3S. The summed E-state index contributed by atoms with van der Waals surface area (Å²) in [6.07, 6.45) is -0.960. The molecule has 0 radical (unpaired) electrons. The monoisotopic (exact) mass is 367 g/mol. The summed E-state index contributed by atoms with van der Waals surface area (Å²) in [6, 6.07) is 11.3. The molecule has 0 saturated carbocycles. The van der Waals surface area contributed by atoms with E-state index in [0.29, 0.717) is 18.0 Å². The Morgan fingerprint density at radius 2 is 1.95 bits per heavy atom. The molecule has 1 aliphatic heterocycles. The van der Waals surface area contributed by atoms with Crippen molar-refractivity contribution < 1.29 is 14.3 Å². The van der Waals surface area contributed by atoms with Crippen LogP contribution >= 0.6 is 27.3 Å². The van der Waals surface area contributed by atoms with Crippen LogP contribution in [0.2, 0.25) is 0 Å². The van der Waals surface area contributed by atoms with E-state index in [1.165, 1.54) is 0 Å². The Bertz CT molecular complexity index is 658. The number of para-hydroxylation sites is 2. The molecule has 0 unspecified atom stereocenters. The molecule has 0 aliphatic carbocycles. The molecule has 0 fully saturated rings. The van der Waals surface area contributed by atoms with E-state index in [1.807, 2.05) is 37.3 Å². The smallest absolute Gasteiger partial charge is 0.265 e. The fourth-order valence-electron chi connectivity index (χ4n) is 2.13. The minimum atomic E-state index is -0.636. The Kier molecular flexibility index (Phi) is 4.17. The number of hydrogen-bond acceptors (Lipinski definition) is 4. The van der Waals surface area contributed by atoms with Crippen molar-refractivity contribution in [1.29, 1.82) is 0 Å². The van der Waals surface area contributed by atoms with E-state index in [9.17, 15) is 4.79 Å². The number of halogens is 1. The van der Waals surface area contributed by atoms with Crippen LogP contribution in [-0.4, -0.2) is 18.1 Å². The summed E-state index contributed by atoms with van der Waals surface area (Å²) in [5.41, 5.74) is 0. The fourth-order valence-corrected chi connectivity index (χ4v) is 3.55. The van der Waals surface area contributed by atoms with Gasteiger partial charge >= 0.3 is 0 Å². The summed E-state index contributed by atoms with van der Waals surface area (Å²) in [5, 5.41) is 2.89. The van der Waals surface area contributed by atoms with Crippen LogP contribution in [0.15, 0.2) is 40.2 Å². The number of carbonyl (C=O) groups is 1. The predicted octanol–water partition coefficient (Wildman–Crippen LogP) is 3.36.